The Balaban J connectivity index is 0.000000449. The molecule has 1 amide bonds. The van der Waals surface area contributed by atoms with Gasteiger partial charge in [-0.05, 0) is 73.2 Å². The molecule has 1 N–H and O–H groups in total. The van der Waals surface area contributed by atoms with Crippen molar-refractivity contribution < 1.29 is 22.4 Å². The quantitative estimate of drug-likeness (QED) is 0.161. The number of rotatable bonds is 5. The summed E-state index contributed by atoms with van der Waals surface area (Å²) in [5, 5.41) is 10.7. The van der Waals surface area contributed by atoms with Crippen molar-refractivity contribution in [2.75, 3.05) is 18.6 Å². The van der Waals surface area contributed by atoms with Crippen LogP contribution in [0.25, 0.3) is 11.1 Å². The molecule has 3 rings (SSSR count). The van der Waals surface area contributed by atoms with Gasteiger partial charge in [0.25, 0.3) is 5.91 Å². The maximum atomic E-state index is 14.5. The SMILES string of the molecule is CN=C(/C=C(\C)C(=O)Nc1ccc(-c2ccccc2SC)cc1F)C(F)(F)F.Cc1cccc(C#N)c1. The first-order valence-corrected chi connectivity index (χ1v) is 12.2. The van der Waals surface area contributed by atoms with E-state index in [0.717, 1.165) is 28.6 Å². The third-order valence-electron chi connectivity index (χ3n) is 5.03. The van der Waals surface area contributed by atoms with Gasteiger partial charge in [0.1, 0.15) is 11.5 Å². The molecular formula is C28H25F4N3OS. The van der Waals surface area contributed by atoms with Crippen molar-refractivity contribution in [3.63, 3.8) is 0 Å². The van der Waals surface area contributed by atoms with E-state index in [-0.39, 0.29) is 11.3 Å². The van der Waals surface area contributed by atoms with Crippen molar-refractivity contribution in [3.8, 4) is 17.2 Å². The smallest absolute Gasteiger partial charge is 0.320 e. The number of hydrogen-bond acceptors (Lipinski definition) is 4. The van der Waals surface area contributed by atoms with Gasteiger partial charge in [-0.25, -0.2) is 4.39 Å². The largest absolute Gasteiger partial charge is 0.432 e. The minimum atomic E-state index is -4.67. The van der Waals surface area contributed by atoms with Gasteiger partial charge in [-0.15, -0.1) is 11.8 Å². The summed E-state index contributed by atoms with van der Waals surface area (Å²) in [5.41, 5.74) is 1.79. The summed E-state index contributed by atoms with van der Waals surface area (Å²) in [6.07, 6.45) is -2.14. The van der Waals surface area contributed by atoms with E-state index in [1.54, 1.807) is 12.1 Å². The van der Waals surface area contributed by atoms with Crippen LogP contribution in [0, 0.1) is 24.1 Å². The maximum absolute atomic E-state index is 14.5. The summed E-state index contributed by atoms with van der Waals surface area (Å²) >= 11 is 1.52. The zero-order valence-electron chi connectivity index (χ0n) is 20.7. The molecule has 0 heterocycles. The standard InChI is InChI=1S/C20H18F4N2OS.C8H7N/c1-12(10-18(25-2)20(22,23)24)19(27)26-16-9-8-13(11-15(16)21)14-6-4-5-7-17(14)28-3;1-7-3-2-4-8(5-7)6-9/h4-11H,1-3H3,(H,26,27);2-5H,1H3/b12-10+,25-18?;. The van der Waals surface area contributed by atoms with Gasteiger partial charge in [0.15, 0.2) is 0 Å². The van der Waals surface area contributed by atoms with Gasteiger partial charge >= 0.3 is 6.18 Å². The second kappa shape index (κ2) is 13.4. The van der Waals surface area contributed by atoms with Crippen LogP contribution in [0.3, 0.4) is 0 Å². The summed E-state index contributed by atoms with van der Waals surface area (Å²) < 4.78 is 52.7. The highest BCUT2D eigenvalue weighted by atomic mass is 32.2. The highest BCUT2D eigenvalue weighted by Crippen LogP contribution is 2.32. The summed E-state index contributed by atoms with van der Waals surface area (Å²) in [5.74, 6) is -1.53. The fourth-order valence-electron chi connectivity index (χ4n) is 3.15. The van der Waals surface area contributed by atoms with Crippen LogP contribution in [0.4, 0.5) is 23.2 Å². The first-order valence-electron chi connectivity index (χ1n) is 10.9. The van der Waals surface area contributed by atoms with E-state index in [1.165, 1.54) is 30.8 Å². The van der Waals surface area contributed by atoms with Crippen LogP contribution < -0.4 is 5.32 Å². The molecule has 0 radical (unpaired) electrons. The van der Waals surface area contributed by atoms with Gasteiger partial charge in [0, 0.05) is 17.5 Å². The molecule has 37 heavy (non-hydrogen) atoms. The second-order valence-electron chi connectivity index (χ2n) is 7.76. The number of nitrogens with one attached hydrogen (secondary N) is 1. The lowest BCUT2D eigenvalue weighted by molar-refractivity contribution is -0.112. The molecule has 0 aliphatic rings. The Bertz CT molecular complexity index is 1360. The van der Waals surface area contributed by atoms with Gasteiger partial charge in [-0.1, -0.05) is 36.4 Å². The number of allylic oxidation sites excluding steroid dienone is 1. The topological polar surface area (TPSA) is 65.2 Å². The molecule has 0 aliphatic heterocycles. The van der Waals surface area contributed by atoms with E-state index in [2.05, 4.69) is 16.4 Å². The second-order valence-corrected chi connectivity index (χ2v) is 8.61. The molecule has 0 fully saturated rings. The van der Waals surface area contributed by atoms with Crippen LogP contribution in [0.1, 0.15) is 18.1 Å². The lowest BCUT2D eigenvalue weighted by Crippen LogP contribution is -2.23. The van der Waals surface area contributed by atoms with Gasteiger partial charge < -0.3 is 5.32 Å². The monoisotopic (exact) mass is 527 g/mol. The van der Waals surface area contributed by atoms with Crippen LogP contribution in [-0.4, -0.2) is 31.1 Å². The number of halogens is 4. The van der Waals surface area contributed by atoms with Crippen molar-refractivity contribution in [2.45, 2.75) is 24.9 Å². The lowest BCUT2D eigenvalue weighted by atomic mass is 10.0. The fourth-order valence-corrected chi connectivity index (χ4v) is 3.77. The zero-order chi connectivity index (χ0) is 27.6. The number of aliphatic imine (C=N–C) groups is 1. The zero-order valence-corrected chi connectivity index (χ0v) is 21.5. The number of alkyl halides is 3. The molecule has 192 valence electrons. The van der Waals surface area contributed by atoms with Crippen LogP contribution in [0.15, 0.2) is 88.3 Å². The van der Waals surface area contributed by atoms with Gasteiger partial charge in [0.2, 0.25) is 0 Å². The van der Waals surface area contributed by atoms with Crippen LogP contribution in [-0.2, 0) is 4.79 Å². The molecule has 0 aromatic heterocycles. The number of benzene rings is 3. The predicted molar refractivity (Wildman–Crippen MR) is 141 cm³/mol. The first kappa shape index (κ1) is 29.3. The number of amides is 1. The summed E-state index contributed by atoms with van der Waals surface area (Å²) in [6, 6.07) is 21.4. The van der Waals surface area contributed by atoms with E-state index in [4.69, 9.17) is 5.26 Å². The fraction of sp³-hybridized carbons (Fsp3) is 0.179. The van der Waals surface area contributed by atoms with Crippen molar-refractivity contribution in [1.82, 2.24) is 0 Å². The van der Waals surface area contributed by atoms with E-state index < -0.39 is 23.6 Å². The third kappa shape index (κ3) is 8.62. The summed E-state index contributed by atoms with van der Waals surface area (Å²) in [6.45, 7) is 3.17. The molecule has 0 saturated heterocycles. The van der Waals surface area contributed by atoms with Crippen molar-refractivity contribution in [2.24, 2.45) is 4.99 Å². The molecule has 0 bridgehead atoms. The first-order chi connectivity index (χ1) is 17.5. The maximum Gasteiger partial charge on any atom is 0.432 e. The molecule has 0 saturated carbocycles. The molecule has 0 unspecified atom stereocenters. The number of nitriles is 1. The minimum Gasteiger partial charge on any atom is -0.320 e. The number of thioether (sulfide) groups is 1. The van der Waals surface area contributed by atoms with Crippen LogP contribution in [0.2, 0.25) is 0 Å². The molecular weight excluding hydrogens is 502 g/mol. The summed E-state index contributed by atoms with van der Waals surface area (Å²) in [7, 11) is 0.981. The number of anilines is 1. The molecule has 0 atom stereocenters. The van der Waals surface area contributed by atoms with Gasteiger partial charge in [0.05, 0.1) is 17.3 Å². The van der Waals surface area contributed by atoms with E-state index >= 15 is 0 Å². The lowest BCUT2D eigenvalue weighted by Gasteiger charge is -2.11. The van der Waals surface area contributed by atoms with E-state index in [9.17, 15) is 22.4 Å². The van der Waals surface area contributed by atoms with Crippen LogP contribution >= 0.6 is 11.8 Å². The van der Waals surface area contributed by atoms with Gasteiger partial charge in [-0.3, -0.25) is 9.79 Å². The minimum absolute atomic E-state index is 0.120. The van der Waals surface area contributed by atoms with Crippen molar-refractivity contribution in [1.29, 1.82) is 5.26 Å². The Hall–Kier alpha value is -3.90. The molecule has 0 aliphatic carbocycles. The molecule has 4 nitrogen and oxygen atoms in total. The van der Waals surface area contributed by atoms with Crippen molar-refractivity contribution >= 4 is 29.1 Å². The molecule has 3 aromatic rings. The average molecular weight is 528 g/mol. The third-order valence-corrected chi connectivity index (χ3v) is 5.82. The number of hydrogen-bond donors (Lipinski definition) is 1. The Morgan fingerprint density at radius 3 is 2.32 bits per heavy atom. The van der Waals surface area contributed by atoms with Crippen molar-refractivity contribution in [3.05, 3.63) is 95.3 Å². The highest BCUT2D eigenvalue weighted by molar-refractivity contribution is 7.98. The van der Waals surface area contributed by atoms with E-state index in [1.807, 2.05) is 55.6 Å². The number of carbonyl (C=O) groups is 1. The molecule has 0 spiro atoms. The predicted octanol–water partition coefficient (Wildman–Crippen LogP) is 7.60. The Kier molecular flexibility index (Phi) is 10.6. The average Bonchev–Trinajstić information content (AvgIpc) is 2.87. The Morgan fingerprint density at radius 1 is 1.08 bits per heavy atom. The number of aryl methyl sites for hydroxylation is 1. The summed E-state index contributed by atoms with van der Waals surface area (Å²) in [4.78, 5) is 16.2. The highest BCUT2D eigenvalue weighted by Gasteiger charge is 2.34. The van der Waals surface area contributed by atoms with Crippen LogP contribution in [0.5, 0.6) is 0 Å². The molecule has 3 aromatic carbocycles. The van der Waals surface area contributed by atoms with Gasteiger partial charge in [-0.2, -0.15) is 18.4 Å². The number of nitrogens with zero attached hydrogens (tertiary/aromatic N) is 2. The Morgan fingerprint density at radius 2 is 1.78 bits per heavy atom. The Labute approximate surface area is 217 Å². The van der Waals surface area contributed by atoms with E-state index in [0.29, 0.717) is 11.6 Å². The number of carbonyl (C=O) groups excluding carboxylic acids is 1. The molecule has 9 heteroatoms. The normalized spacial score (nSPS) is 11.8.